The molecule has 0 aromatic carbocycles. The lowest BCUT2D eigenvalue weighted by Gasteiger charge is -2.26. The number of hydrogen-bond donors (Lipinski definition) is 1. The number of ether oxygens (including phenoxy) is 1. The van der Waals surface area contributed by atoms with Gasteiger partial charge in [-0.2, -0.15) is 0 Å². The summed E-state index contributed by atoms with van der Waals surface area (Å²) in [6.07, 6.45) is 4.50. The highest BCUT2D eigenvalue weighted by Crippen LogP contribution is 2.27. The Morgan fingerprint density at radius 3 is 2.56 bits per heavy atom. The molecule has 0 aliphatic rings. The van der Waals surface area contributed by atoms with Gasteiger partial charge in [0.25, 0.3) is 0 Å². The molecular formula is C14H25N3O. The molecule has 1 aromatic rings. The third-order valence-corrected chi connectivity index (χ3v) is 3.14. The van der Waals surface area contributed by atoms with Crippen LogP contribution in [-0.2, 0) is 0 Å². The molecule has 18 heavy (non-hydrogen) atoms. The average molecular weight is 251 g/mol. The topological polar surface area (TPSA) is 47.0 Å². The van der Waals surface area contributed by atoms with Gasteiger partial charge in [0.05, 0.1) is 18.5 Å². The SMILES string of the molecule is CCCOc1cncc(C(C(C)C)C(C)NC)n1. The van der Waals surface area contributed by atoms with E-state index in [1.165, 1.54) is 0 Å². The van der Waals surface area contributed by atoms with E-state index < -0.39 is 0 Å². The normalized spacial score (nSPS) is 14.6. The minimum absolute atomic E-state index is 0.340. The molecule has 1 aromatic heterocycles. The summed E-state index contributed by atoms with van der Waals surface area (Å²) < 4.78 is 5.55. The van der Waals surface area contributed by atoms with Gasteiger partial charge in [-0.25, -0.2) is 4.98 Å². The fourth-order valence-corrected chi connectivity index (χ4v) is 2.15. The predicted octanol–water partition coefficient (Wildman–Crippen LogP) is 2.61. The van der Waals surface area contributed by atoms with E-state index in [9.17, 15) is 0 Å². The fraction of sp³-hybridized carbons (Fsp3) is 0.714. The second-order valence-electron chi connectivity index (χ2n) is 4.98. The minimum Gasteiger partial charge on any atom is -0.477 e. The Kier molecular flexibility index (Phi) is 6.05. The zero-order valence-electron chi connectivity index (χ0n) is 12.1. The van der Waals surface area contributed by atoms with Gasteiger partial charge >= 0.3 is 0 Å². The Morgan fingerprint density at radius 2 is 2.00 bits per heavy atom. The first-order valence-corrected chi connectivity index (χ1v) is 6.72. The van der Waals surface area contributed by atoms with Crippen molar-refractivity contribution < 1.29 is 4.74 Å². The standard InChI is InChI=1S/C14H25N3O/c1-6-7-18-13-9-16-8-12(17-13)14(10(2)3)11(4)15-5/h8-11,14-15H,6-7H2,1-5H3. The number of hydrogen-bond acceptors (Lipinski definition) is 4. The van der Waals surface area contributed by atoms with Crippen LogP contribution in [0.2, 0.25) is 0 Å². The van der Waals surface area contributed by atoms with Crippen LogP contribution >= 0.6 is 0 Å². The second-order valence-corrected chi connectivity index (χ2v) is 4.98. The summed E-state index contributed by atoms with van der Waals surface area (Å²) in [6.45, 7) is 9.36. The molecule has 2 atom stereocenters. The lowest BCUT2D eigenvalue weighted by atomic mass is 9.86. The molecule has 0 spiro atoms. The van der Waals surface area contributed by atoms with Crippen LogP contribution in [-0.4, -0.2) is 29.7 Å². The smallest absolute Gasteiger partial charge is 0.232 e. The molecule has 0 saturated heterocycles. The van der Waals surface area contributed by atoms with Crippen molar-refractivity contribution in [3.63, 3.8) is 0 Å². The zero-order valence-corrected chi connectivity index (χ0v) is 12.1. The molecule has 4 nitrogen and oxygen atoms in total. The maximum absolute atomic E-state index is 5.55. The van der Waals surface area contributed by atoms with E-state index in [4.69, 9.17) is 4.74 Å². The van der Waals surface area contributed by atoms with Crippen molar-refractivity contribution in [2.24, 2.45) is 5.92 Å². The van der Waals surface area contributed by atoms with Crippen molar-refractivity contribution in [1.82, 2.24) is 15.3 Å². The number of nitrogens with zero attached hydrogens (tertiary/aromatic N) is 2. The Balaban J connectivity index is 2.91. The molecule has 1 heterocycles. The van der Waals surface area contributed by atoms with Crippen LogP contribution in [0, 0.1) is 5.92 Å². The van der Waals surface area contributed by atoms with E-state index in [0.29, 0.717) is 30.4 Å². The molecule has 0 radical (unpaired) electrons. The van der Waals surface area contributed by atoms with Crippen molar-refractivity contribution in [2.75, 3.05) is 13.7 Å². The Morgan fingerprint density at radius 1 is 1.28 bits per heavy atom. The number of likely N-dealkylation sites (N-methyl/N-ethyl adjacent to an activating group) is 1. The summed E-state index contributed by atoms with van der Waals surface area (Å²) in [6, 6.07) is 0.362. The Hall–Kier alpha value is -1.16. The molecule has 0 bridgehead atoms. The summed E-state index contributed by atoms with van der Waals surface area (Å²) >= 11 is 0. The van der Waals surface area contributed by atoms with E-state index in [-0.39, 0.29) is 0 Å². The van der Waals surface area contributed by atoms with Crippen LogP contribution in [0.1, 0.15) is 45.7 Å². The fourth-order valence-electron chi connectivity index (χ4n) is 2.15. The zero-order chi connectivity index (χ0) is 13.5. The molecule has 1 N–H and O–H groups in total. The molecule has 0 aliphatic carbocycles. The monoisotopic (exact) mass is 251 g/mol. The molecule has 4 heteroatoms. The van der Waals surface area contributed by atoms with Gasteiger partial charge < -0.3 is 10.1 Å². The Labute approximate surface area is 110 Å². The van der Waals surface area contributed by atoms with Gasteiger partial charge in [0.2, 0.25) is 5.88 Å². The third-order valence-electron chi connectivity index (χ3n) is 3.14. The van der Waals surface area contributed by atoms with Gasteiger partial charge in [-0.05, 0) is 26.3 Å². The largest absolute Gasteiger partial charge is 0.477 e. The molecule has 2 unspecified atom stereocenters. The van der Waals surface area contributed by atoms with Crippen LogP contribution in [0.15, 0.2) is 12.4 Å². The number of nitrogens with one attached hydrogen (secondary N) is 1. The van der Waals surface area contributed by atoms with E-state index in [1.54, 1.807) is 6.20 Å². The first-order chi connectivity index (χ1) is 8.60. The van der Waals surface area contributed by atoms with Gasteiger partial charge in [0, 0.05) is 18.2 Å². The van der Waals surface area contributed by atoms with Crippen molar-refractivity contribution in [1.29, 1.82) is 0 Å². The second kappa shape index (κ2) is 7.31. The first-order valence-electron chi connectivity index (χ1n) is 6.72. The molecular weight excluding hydrogens is 226 g/mol. The van der Waals surface area contributed by atoms with Crippen LogP contribution < -0.4 is 10.1 Å². The molecule has 1 rings (SSSR count). The quantitative estimate of drug-likeness (QED) is 0.809. The highest BCUT2D eigenvalue weighted by molar-refractivity contribution is 5.14. The van der Waals surface area contributed by atoms with Gasteiger partial charge in [-0.3, -0.25) is 4.98 Å². The lowest BCUT2D eigenvalue weighted by molar-refractivity contribution is 0.299. The molecule has 102 valence electrons. The highest BCUT2D eigenvalue weighted by atomic mass is 16.5. The first kappa shape index (κ1) is 14.9. The number of aromatic nitrogens is 2. The van der Waals surface area contributed by atoms with Gasteiger partial charge in [-0.15, -0.1) is 0 Å². The average Bonchev–Trinajstić information content (AvgIpc) is 2.36. The highest BCUT2D eigenvalue weighted by Gasteiger charge is 2.23. The Bertz CT molecular complexity index is 355. The molecule has 0 aliphatic heterocycles. The van der Waals surface area contributed by atoms with Gasteiger partial charge in [0.1, 0.15) is 0 Å². The van der Waals surface area contributed by atoms with Crippen molar-refractivity contribution >= 4 is 0 Å². The van der Waals surface area contributed by atoms with E-state index in [1.807, 2.05) is 13.2 Å². The molecule has 0 fully saturated rings. The van der Waals surface area contributed by atoms with Gasteiger partial charge in [-0.1, -0.05) is 20.8 Å². The summed E-state index contributed by atoms with van der Waals surface area (Å²) in [5.74, 6) is 1.47. The van der Waals surface area contributed by atoms with Crippen LogP contribution in [0.5, 0.6) is 5.88 Å². The lowest BCUT2D eigenvalue weighted by Crippen LogP contribution is -2.32. The van der Waals surface area contributed by atoms with Crippen molar-refractivity contribution in [3.05, 3.63) is 18.1 Å². The maximum atomic E-state index is 5.55. The van der Waals surface area contributed by atoms with E-state index >= 15 is 0 Å². The summed E-state index contributed by atoms with van der Waals surface area (Å²) in [7, 11) is 1.98. The summed E-state index contributed by atoms with van der Waals surface area (Å²) in [4.78, 5) is 8.82. The van der Waals surface area contributed by atoms with E-state index in [0.717, 1.165) is 12.1 Å². The summed E-state index contributed by atoms with van der Waals surface area (Å²) in [5, 5.41) is 3.30. The third kappa shape index (κ3) is 3.95. The van der Waals surface area contributed by atoms with Crippen molar-refractivity contribution in [2.45, 2.75) is 46.1 Å². The van der Waals surface area contributed by atoms with E-state index in [2.05, 4.69) is 43.0 Å². The van der Waals surface area contributed by atoms with Crippen LogP contribution in [0.3, 0.4) is 0 Å². The molecule has 0 saturated carbocycles. The van der Waals surface area contributed by atoms with Gasteiger partial charge in [0.15, 0.2) is 0 Å². The predicted molar refractivity (Wildman–Crippen MR) is 73.9 cm³/mol. The van der Waals surface area contributed by atoms with Crippen LogP contribution in [0.25, 0.3) is 0 Å². The number of rotatable bonds is 7. The minimum atomic E-state index is 0.340. The van der Waals surface area contributed by atoms with Crippen molar-refractivity contribution in [3.8, 4) is 5.88 Å². The molecule has 0 amide bonds. The maximum Gasteiger partial charge on any atom is 0.232 e. The van der Waals surface area contributed by atoms with Crippen LogP contribution in [0.4, 0.5) is 0 Å². The summed E-state index contributed by atoms with van der Waals surface area (Å²) in [5.41, 5.74) is 1.00.